The minimum absolute atomic E-state index is 0. The summed E-state index contributed by atoms with van der Waals surface area (Å²) in [7, 11) is 0. The average molecular weight is 431 g/mol. The summed E-state index contributed by atoms with van der Waals surface area (Å²) in [6, 6.07) is 5.90. The number of halogens is 4. The Morgan fingerprint density at radius 3 is 2.36 bits per heavy atom. The SMILES string of the molecule is Cc1cc(C)cc(NC(N)=NCCCOCC(F)(F)F)c1.I. The largest absolute Gasteiger partial charge is 0.411 e. The third-order valence-electron chi connectivity index (χ3n) is 2.49. The first kappa shape index (κ1) is 21.0. The number of ether oxygens (including phenoxy) is 1. The van der Waals surface area contributed by atoms with Crippen molar-refractivity contribution in [2.45, 2.75) is 26.4 Å². The maximum Gasteiger partial charge on any atom is 0.411 e. The number of benzene rings is 1. The summed E-state index contributed by atoms with van der Waals surface area (Å²) in [6.07, 6.45) is -3.90. The maximum absolute atomic E-state index is 11.8. The normalized spacial score (nSPS) is 12.0. The van der Waals surface area contributed by atoms with Crippen LogP contribution in [0.5, 0.6) is 0 Å². The highest BCUT2D eigenvalue weighted by molar-refractivity contribution is 14.0. The molecule has 0 aromatic heterocycles. The van der Waals surface area contributed by atoms with Crippen molar-refractivity contribution < 1.29 is 17.9 Å². The number of hydrogen-bond donors (Lipinski definition) is 2. The number of nitrogens with zero attached hydrogens (tertiary/aromatic N) is 1. The predicted octanol–water partition coefficient (Wildman–Crippen LogP) is 3.62. The average Bonchev–Trinajstić information content (AvgIpc) is 2.30. The van der Waals surface area contributed by atoms with Crippen molar-refractivity contribution in [1.29, 1.82) is 0 Å². The first-order chi connectivity index (χ1) is 9.76. The van der Waals surface area contributed by atoms with E-state index in [-0.39, 0.29) is 36.5 Å². The molecule has 0 aliphatic heterocycles. The van der Waals surface area contributed by atoms with E-state index in [0.717, 1.165) is 16.8 Å². The van der Waals surface area contributed by atoms with Gasteiger partial charge in [-0.1, -0.05) is 6.07 Å². The van der Waals surface area contributed by atoms with Gasteiger partial charge in [-0.25, -0.2) is 0 Å². The van der Waals surface area contributed by atoms with Crippen molar-refractivity contribution in [3.8, 4) is 0 Å². The minimum Gasteiger partial charge on any atom is -0.372 e. The van der Waals surface area contributed by atoms with E-state index >= 15 is 0 Å². The molecule has 126 valence electrons. The Labute approximate surface area is 145 Å². The summed E-state index contributed by atoms with van der Waals surface area (Å²) >= 11 is 0. The zero-order valence-corrected chi connectivity index (χ0v) is 14.9. The van der Waals surface area contributed by atoms with Crippen LogP contribution in [0.4, 0.5) is 18.9 Å². The van der Waals surface area contributed by atoms with Crippen LogP contribution in [0.3, 0.4) is 0 Å². The summed E-state index contributed by atoms with van der Waals surface area (Å²) in [5.74, 6) is 0.232. The van der Waals surface area contributed by atoms with Crippen LogP contribution in [-0.4, -0.2) is 31.9 Å². The fourth-order valence-corrected chi connectivity index (χ4v) is 1.79. The van der Waals surface area contributed by atoms with Gasteiger partial charge in [-0.15, -0.1) is 24.0 Å². The lowest BCUT2D eigenvalue weighted by atomic mass is 10.1. The van der Waals surface area contributed by atoms with Gasteiger partial charge in [0, 0.05) is 18.8 Å². The Morgan fingerprint density at radius 2 is 1.82 bits per heavy atom. The fourth-order valence-electron chi connectivity index (χ4n) is 1.79. The predicted molar refractivity (Wildman–Crippen MR) is 92.9 cm³/mol. The molecule has 1 aromatic carbocycles. The van der Waals surface area contributed by atoms with Crippen molar-refractivity contribution >= 4 is 35.6 Å². The van der Waals surface area contributed by atoms with E-state index in [4.69, 9.17) is 5.73 Å². The molecule has 0 amide bonds. The number of guanidine groups is 1. The second-order valence-corrected chi connectivity index (χ2v) is 4.79. The molecule has 0 aliphatic carbocycles. The molecule has 0 aliphatic rings. The lowest BCUT2D eigenvalue weighted by Gasteiger charge is -2.08. The summed E-state index contributed by atoms with van der Waals surface area (Å²) in [4.78, 5) is 4.03. The molecule has 0 spiro atoms. The molecule has 0 bridgehead atoms. The van der Waals surface area contributed by atoms with Crippen LogP contribution < -0.4 is 11.1 Å². The maximum atomic E-state index is 11.8. The molecular formula is C14H21F3IN3O. The number of hydrogen-bond acceptors (Lipinski definition) is 2. The molecule has 0 unspecified atom stereocenters. The molecule has 1 rings (SSSR count). The molecule has 22 heavy (non-hydrogen) atoms. The van der Waals surface area contributed by atoms with Gasteiger partial charge in [-0.05, 0) is 43.5 Å². The van der Waals surface area contributed by atoms with Gasteiger partial charge < -0.3 is 15.8 Å². The number of rotatable bonds is 6. The minimum atomic E-state index is -4.28. The topological polar surface area (TPSA) is 59.6 Å². The van der Waals surface area contributed by atoms with E-state index in [2.05, 4.69) is 15.0 Å². The third-order valence-corrected chi connectivity index (χ3v) is 2.49. The molecule has 3 N–H and O–H groups in total. The highest BCUT2D eigenvalue weighted by Crippen LogP contribution is 2.14. The fraction of sp³-hybridized carbons (Fsp3) is 0.500. The van der Waals surface area contributed by atoms with Gasteiger partial charge in [0.05, 0.1) is 0 Å². The molecule has 0 atom stereocenters. The first-order valence-corrected chi connectivity index (χ1v) is 6.56. The number of nitrogens with two attached hydrogens (primary N) is 1. The van der Waals surface area contributed by atoms with Crippen LogP contribution in [0.15, 0.2) is 23.2 Å². The molecule has 1 aromatic rings. The van der Waals surface area contributed by atoms with Gasteiger partial charge in [0.2, 0.25) is 0 Å². The second kappa shape index (κ2) is 9.88. The number of nitrogens with one attached hydrogen (secondary N) is 1. The van der Waals surface area contributed by atoms with E-state index in [1.807, 2.05) is 32.0 Å². The van der Waals surface area contributed by atoms with Crippen molar-refractivity contribution in [2.75, 3.05) is 25.1 Å². The lowest BCUT2D eigenvalue weighted by Crippen LogP contribution is -2.23. The van der Waals surface area contributed by atoms with Crippen LogP contribution in [0.2, 0.25) is 0 Å². The van der Waals surface area contributed by atoms with Crippen LogP contribution in [0.25, 0.3) is 0 Å². The molecular weight excluding hydrogens is 410 g/mol. The molecule has 0 radical (unpaired) electrons. The molecule has 0 saturated heterocycles. The second-order valence-electron chi connectivity index (χ2n) is 4.79. The van der Waals surface area contributed by atoms with Gasteiger partial charge in [0.15, 0.2) is 5.96 Å². The number of anilines is 1. The first-order valence-electron chi connectivity index (χ1n) is 6.56. The highest BCUT2D eigenvalue weighted by atomic mass is 127. The van der Waals surface area contributed by atoms with Crippen LogP contribution in [0.1, 0.15) is 17.5 Å². The monoisotopic (exact) mass is 431 g/mol. The summed E-state index contributed by atoms with van der Waals surface area (Å²) < 4.78 is 39.9. The van der Waals surface area contributed by atoms with Crippen molar-refractivity contribution in [3.05, 3.63) is 29.3 Å². The van der Waals surface area contributed by atoms with Crippen molar-refractivity contribution in [2.24, 2.45) is 10.7 Å². The number of alkyl halides is 3. The molecule has 0 fully saturated rings. The quantitative estimate of drug-likeness (QED) is 0.313. The summed E-state index contributed by atoms with van der Waals surface area (Å²) in [5.41, 5.74) is 8.75. The van der Waals surface area contributed by atoms with E-state index in [0.29, 0.717) is 13.0 Å². The van der Waals surface area contributed by atoms with Gasteiger partial charge in [-0.3, -0.25) is 4.99 Å². The number of aryl methyl sites for hydroxylation is 2. The van der Waals surface area contributed by atoms with Gasteiger partial charge >= 0.3 is 6.18 Å². The zero-order chi connectivity index (χ0) is 15.9. The molecule has 4 nitrogen and oxygen atoms in total. The van der Waals surface area contributed by atoms with Crippen molar-refractivity contribution in [3.63, 3.8) is 0 Å². The Bertz CT molecular complexity index is 472. The Morgan fingerprint density at radius 1 is 1.23 bits per heavy atom. The van der Waals surface area contributed by atoms with E-state index in [1.165, 1.54) is 0 Å². The van der Waals surface area contributed by atoms with Crippen LogP contribution in [-0.2, 0) is 4.74 Å². The Hall–Kier alpha value is -1.03. The van der Waals surface area contributed by atoms with Crippen LogP contribution >= 0.6 is 24.0 Å². The molecule has 0 saturated carbocycles. The Kier molecular flexibility index (Phi) is 9.42. The zero-order valence-electron chi connectivity index (χ0n) is 12.5. The van der Waals surface area contributed by atoms with Crippen molar-refractivity contribution in [1.82, 2.24) is 0 Å². The highest BCUT2D eigenvalue weighted by Gasteiger charge is 2.27. The Balaban J connectivity index is 0.00000441. The molecule has 0 heterocycles. The smallest absolute Gasteiger partial charge is 0.372 e. The summed E-state index contributed by atoms with van der Waals surface area (Å²) in [5, 5.41) is 2.95. The van der Waals surface area contributed by atoms with Crippen LogP contribution in [0, 0.1) is 13.8 Å². The van der Waals surface area contributed by atoms with E-state index in [9.17, 15) is 13.2 Å². The van der Waals surface area contributed by atoms with Gasteiger partial charge in [0.25, 0.3) is 0 Å². The van der Waals surface area contributed by atoms with E-state index < -0.39 is 12.8 Å². The third kappa shape index (κ3) is 9.82. The summed E-state index contributed by atoms with van der Waals surface area (Å²) in [6.45, 7) is 3.03. The van der Waals surface area contributed by atoms with Gasteiger partial charge in [-0.2, -0.15) is 13.2 Å². The van der Waals surface area contributed by atoms with Gasteiger partial charge in [0.1, 0.15) is 6.61 Å². The lowest BCUT2D eigenvalue weighted by molar-refractivity contribution is -0.173. The number of aliphatic imine (C=N–C) groups is 1. The molecule has 8 heteroatoms. The van der Waals surface area contributed by atoms with E-state index in [1.54, 1.807) is 0 Å². The standard InChI is InChI=1S/C14H20F3N3O.HI/c1-10-6-11(2)8-12(7-10)20-13(18)19-4-3-5-21-9-14(15,16)17;/h6-8H,3-5,9H2,1-2H3,(H3,18,19,20);1H.